The molecule has 0 saturated carbocycles. The number of hydrogen-bond donors (Lipinski definition) is 1. The first-order valence-corrected chi connectivity index (χ1v) is 6.83. The van der Waals surface area contributed by atoms with Crippen molar-refractivity contribution in [1.82, 2.24) is 14.5 Å². The van der Waals surface area contributed by atoms with Crippen LogP contribution in [0.2, 0.25) is 0 Å². The van der Waals surface area contributed by atoms with Crippen LogP contribution in [0.1, 0.15) is 6.42 Å². The van der Waals surface area contributed by atoms with Crippen molar-refractivity contribution in [3.05, 3.63) is 59.0 Å². The van der Waals surface area contributed by atoms with Gasteiger partial charge in [0.1, 0.15) is 11.2 Å². The van der Waals surface area contributed by atoms with Gasteiger partial charge in [0.2, 0.25) is 0 Å². The Balaban J connectivity index is 2.27. The minimum absolute atomic E-state index is 0.0315. The highest BCUT2D eigenvalue weighted by Gasteiger charge is 2.12. The van der Waals surface area contributed by atoms with Gasteiger partial charge in [0, 0.05) is 24.9 Å². The van der Waals surface area contributed by atoms with E-state index >= 15 is 0 Å². The van der Waals surface area contributed by atoms with E-state index in [0.29, 0.717) is 29.8 Å². The van der Waals surface area contributed by atoms with Crippen LogP contribution in [0.15, 0.2) is 53.5 Å². The molecule has 3 aromatic rings. The van der Waals surface area contributed by atoms with Gasteiger partial charge in [-0.3, -0.25) is 9.36 Å². The normalized spacial score (nSPS) is 10.9. The van der Waals surface area contributed by atoms with Crippen LogP contribution in [0, 0.1) is 0 Å². The molecule has 21 heavy (non-hydrogen) atoms. The molecular weight excluding hydrogens is 266 g/mol. The Kier molecular flexibility index (Phi) is 3.75. The Morgan fingerprint density at radius 1 is 1.10 bits per heavy atom. The number of aryl methyl sites for hydroxylation is 1. The molecule has 0 fully saturated rings. The van der Waals surface area contributed by atoms with Crippen molar-refractivity contribution in [2.24, 2.45) is 0 Å². The van der Waals surface area contributed by atoms with E-state index in [4.69, 9.17) is 5.11 Å². The summed E-state index contributed by atoms with van der Waals surface area (Å²) in [6.45, 7) is 0.453. The first kappa shape index (κ1) is 13.5. The third kappa shape index (κ3) is 2.55. The van der Waals surface area contributed by atoms with E-state index in [1.807, 2.05) is 36.4 Å². The van der Waals surface area contributed by atoms with Gasteiger partial charge in [-0.25, -0.2) is 9.97 Å². The lowest BCUT2D eigenvalue weighted by atomic mass is 10.1. The monoisotopic (exact) mass is 281 g/mol. The lowest BCUT2D eigenvalue weighted by Gasteiger charge is -2.10. The van der Waals surface area contributed by atoms with Crippen molar-refractivity contribution in [2.75, 3.05) is 6.61 Å². The summed E-state index contributed by atoms with van der Waals surface area (Å²) in [7, 11) is 0. The van der Waals surface area contributed by atoms with Gasteiger partial charge in [0.15, 0.2) is 5.65 Å². The summed E-state index contributed by atoms with van der Waals surface area (Å²) >= 11 is 0. The summed E-state index contributed by atoms with van der Waals surface area (Å²) in [4.78, 5) is 21.4. The Labute approximate surface area is 121 Å². The predicted molar refractivity (Wildman–Crippen MR) is 80.9 cm³/mol. The molecule has 5 nitrogen and oxygen atoms in total. The number of hydrogen-bond acceptors (Lipinski definition) is 4. The number of aliphatic hydroxyl groups excluding tert-OH is 1. The maximum absolute atomic E-state index is 12.7. The summed E-state index contributed by atoms with van der Waals surface area (Å²) in [5.41, 5.74) is 2.24. The smallest absolute Gasteiger partial charge is 0.278 e. The second-order valence-electron chi connectivity index (χ2n) is 4.71. The van der Waals surface area contributed by atoms with Gasteiger partial charge in [-0.2, -0.15) is 0 Å². The molecule has 0 aliphatic heterocycles. The average molecular weight is 281 g/mol. The second-order valence-corrected chi connectivity index (χ2v) is 4.71. The Morgan fingerprint density at radius 2 is 1.90 bits per heavy atom. The van der Waals surface area contributed by atoms with E-state index in [1.165, 1.54) is 0 Å². The second kappa shape index (κ2) is 5.85. The van der Waals surface area contributed by atoms with E-state index in [0.717, 1.165) is 5.56 Å². The highest BCUT2D eigenvalue weighted by atomic mass is 16.3. The van der Waals surface area contributed by atoms with E-state index in [9.17, 15) is 4.79 Å². The van der Waals surface area contributed by atoms with Crippen LogP contribution in [-0.4, -0.2) is 26.2 Å². The molecule has 106 valence electrons. The third-order valence-electron chi connectivity index (χ3n) is 3.29. The van der Waals surface area contributed by atoms with Crippen LogP contribution in [-0.2, 0) is 6.54 Å². The molecule has 2 aromatic heterocycles. The molecule has 0 aliphatic rings. The zero-order chi connectivity index (χ0) is 14.7. The van der Waals surface area contributed by atoms with Crippen molar-refractivity contribution >= 4 is 11.2 Å². The molecule has 3 rings (SSSR count). The Morgan fingerprint density at radius 3 is 2.67 bits per heavy atom. The molecule has 0 atom stereocenters. The van der Waals surface area contributed by atoms with Crippen LogP contribution < -0.4 is 5.56 Å². The first-order valence-electron chi connectivity index (χ1n) is 6.83. The number of rotatable bonds is 4. The molecule has 5 heteroatoms. The van der Waals surface area contributed by atoms with Gasteiger partial charge in [-0.05, 0) is 18.6 Å². The summed E-state index contributed by atoms with van der Waals surface area (Å²) < 4.78 is 1.58. The molecule has 0 saturated heterocycles. The summed E-state index contributed by atoms with van der Waals surface area (Å²) in [5, 5.41) is 9.03. The Bertz CT molecular complexity index is 813. The molecule has 0 unspecified atom stereocenters. The molecular formula is C16H15N3O2. The lowest BCUT2D eigenvalue weighted by molar-refractivity contribution is 0.280. The highest BCUT2D eigenvalue weighted by Crippen LogP contribution is 2.16. The lowest BCUT2D eigenvalue weighted by Crippen LogP contribution is -2.24. The van der Waals surface area contributed by atoms with Crippen LogP contribution in [0.4, 0.5) is 0 Å². The number of aliphatic hydroxyl groups is 1. The molecule has 0 bridgehead atoms. The van der Waals surface area contributed by atoms with Crippen molar-refractivity contribution < 1.29 is 5.11 Å². The standard InChI is InChI=1S/C16H15N3O2/c20-11-5-10-19-15-13(8-4-9-17-15)18-14(16(19)21)12-6-2-1-3-7-12/h1-4,6-9,20H,5,10-11H2. The van der Waals surface area contributed by atoms with E-state index < -0.39 is 0 Å². The maximum Gasteiger partial charge on any atom is 0.278 e. The van der Waals surface area contributed by atoms with Crippen molar-refractivity contribution in [1.29, 1.82) is 0 Å². The highest BCUT2D eigenvalue weighted by molar-refractivity contribution is 5.74. The number of nitrogens with zero attached hydrogens (tertiary/aromatic N) is 3. The molecule has 0 spiro atoms. The zero-order valence-electron chi connectivity index (χ0n) is 11.4. The number of benzene rings is 1. The van der Waals surface area contributed by atoms with Gasteiger partial charge >= 0.3 is 0 Å². The number of fused-ring (bicyclic) bond motifs is 1. The summed E-state index contributed by atoms with van der Waals surface area (Å²) in [6, 6.07) is 13.0. The minimum Gasteiger partial charge on any atom is -0.396 e. The van der Waals surface area contributed by atoms with Gasteiger partial charge in [0.05, 0.1) is 0 Å². The SMILES string of the molecule is O=c1c(-c2ccccc2)nc2cccnc2n1CCCO. The average Bonchev–Trinajstić information content (AvgIpc) is 2.54. The minimum atomic E-state index is -0.180. The number of pyridine rings is 1. The topological polar surface area (TPSA) is 68.0 Å². The zero-order valence-corrected chi connectivity index (χ0v) is 11.4. The molecule has 0 aliphatic carbocycles. The summed E-state index contributed by atoms with van der Waals surface area (Å²) in [5.74, 6) is 0. The van der Waals surface area contributed by atoms with E-state index in [-0.39, 0.29) is 12.2 Å². The largest absolute Gasteiger partial charge is 0.396 e. The fraction of sp³-hybridized carbons (Fsp3) is 0.188. The molecule has 0 radical (unpaired) electrons. The quantitative estimate of drug-likeness (QED) is 0.792. The van der Waals surface area contributed by atoms with Gasteiger partial charge in [-0.15, -0.1) is 0 Å². The van der Waals surface area contributed by atoms with Crippen molar-refractivity contribution in [3.8, 4) is 11.3 Å². The molecule has 0 amide bonds. The maximum atomic E-state index is 12.7. The van der Waals surface area contributed by atoms with Crippen LogP contribution >= 0.6 is 0 Å². The van der Waals surface area contributed by atoms with Crippen molar-refractivity contribution in [2.45, 2.75) is 13.0 Å². The molecule has 2 heterocycles. The predicted octanol–water partition coefficient (Wildman–Crippen LogP) is 1.84. The number of aromatic nitrogens is 3. The first-order chi connectivity index (χ1) is 10.3. The van der Waals surface area contributed by atoms with E-state index in [1.54, 1.807) is 16.8 Å². The van der Waals surface area contributed by atoms with Crippen molar-refractivity contribution in [3.63, 3.8) is 0 Å². The van der Waals surface area contributed by atoms with Gasteiger partial charge in [0.25, 0.3) is 5.56 Å². The van der Waals surface area contributed by atoms with Crippen LogP contribution in [0.25, 0.3) is 22.4 Å². The fourth-order valence-electron chi connectivity index (χ4n) is 2.30. The van der Waals surface area contributed by atoms with Gasteiger partial charge < -0.3 is 5.11 Å². The van der Waals surface area contributed by atoms with Gasteiger partial charge in [-0.1, -0.05) is 30.3 Å². The molecule has 1 aromatic carbocycles. The summed E-state index contributed by atoms with van der Waals surface area (Å²) in [6.07, 6.45) is 2.14. The van der Waals surface area contributed by atoms with E-state index in [2.05, 4.69) is 9.97 Å². The third-order valence-corrected chi connectivity index (χ3v) is 3.29. The van der Waals surface area contributed by atoms with Crippen LogP contribution in [0.3, 0.4) is 0 Å². The Hall–Kier alpha value is -2.53. The fourth-order valence-corrected chi connectivity index (χ4v) is 2.30. The molecule has 1 N–H and O–H groups in total. The van der Waals surface area contributed by atoms with Crippen LogP contribution in [0.5, 0.6) is 0 Å².